The number of rotatable bonds is 3. The minimum absolute atomic E-state index is 0.486. The molecule has 0 amide bonds. The molecule has 2 aromatic carbocycles. The molecule has 19 heavy (non-hydrogen) atoms. The van der Waals surface area contributed by atoms with Gasteiger partial charge in [0.25, 0.3) is 0 Å². The highest BCUT2D eigenvalue weighted by atomic mass is 35.5. The van der Waals surface area contributed by atoms with Crippen LogP contribution in [0, 0.1) is 0 Å². The van der Waals surface area contributed by atoms with Crippen molar-refractivity contribution in [3.05, 3.63) is 70.9 Å². The van der Waals surface area contributed by atoms with E-state index in [1.807, 2.05) is 54.6 Å². The molecule has 3 rings (SSSR count). The lowest BCUT2D eigenvalue weighted by atomic mass is 10.1. The van der Waals surface area contributed by atoms with E-state index in [0.717, 1.165) is 16.5 Å². The summed E-state index contributed by atoms with van der Waals surface area (Å²) in [6, 6.07) is 17.1. The Bertz CT molecular complexity index is 670. The van der Waals surface area contributed by atoms with Gasteiger partial charge in [-0.15, -0.1) is 0 Å². The topological polar surface area (TPSA) is 33.4 Å². The van der Waals surface area contributed by atoms with Gasteiger partial charge < -0.3 is 9.52 Å². The molecule has 0 fully saturated rings. The van der Waals surface area contributed by atoms with Gasteiger partial charge in [0.2, 0.25) is 0 Å². The van der Waals surface area contributed by atoms with E-state index in [2.05, 4.69) is 0 Å². The van der Waals surface area contributed by atoms with E-state index in [4.69, 9.17) is 16.0 Å². The average molecular weight is 273 g/mol. The number of aliphatic hydroxyl groups is 1. The van der Waals surface area contributed by atoms with Crippen LogP contribution in [0.5, 0.6) is 0 Å². The summed E-state index contributed by atoms with van der Waals surface area (Å²) >= 11 is 5.93. The molecule has 3 aromatic rings. The first-order valence-electron chi connectivity index (χ1n) is 6.13. The largest absolute Gasteiger partial charge is 0.458 e. The molecule has 1 heterocycles. The molecular formula is C16H13ClO2. The second kappa shape index (κ2) is 5.08. The molecule has 0 aliphatic rings. The van der Waals surface area contributed by atoms with Crippen LogP contribution in [0.15, 0.2) is 59.0 Å². The Morgan fingerprint density at radius 1 is 1.05 bits per heavy atom. The molecule has 0 saturated carbocycles. The Hall–Kier alpha value is -1.77. The van der Waals surface area contributed by atoms with Gasteiger partial charge in [-0.3, -0.25) is 0 Å². The van der Waals surface area contributed by atoms with Gasteiger partial charge in [-0.1, -0.05) is 41.9 Å². The minimum atomic E-state index is -0.661. The van der Waals surface area contributed by atoms with Crippen molar-refractivity contribution >= 4 is 22.6 Å². The van der Waals surface area contributed by atoms with Gasteiger partial charge >= 0.3 is 0 Å². The first-order chi connectivity index (χ1) is 9.22. The molecule has 2 nitrogen and oxygen atoms in total. The summed E-state index contributed by atoms with van der Waals surface area (Å²) < 4.78 is 5.65. The Labute approximate surface area is 116 Å². The second-order valence-corrected chi connectivity index (χ2v) is 4.97. The van der Waals surface area contributed by atoms with Crippen molar-refractivity contribution in [3.8, 4) is 0 Å². The number of hydrogen-bond acceptors (Lipinski definition) is 2. The Morgan fingerprint density at radius 3 is 2.68 bits per heavy atom. The lowest BCUT2D eigenvalue weighted by Crippen LogP contribution is -2.00. The van der Waals surface area contributed by atoms with E-state index >= 15 is 0 Å². The fourth-order valence-electron chi connectivity index (χ4n) is 2.15. The van der Waals surface area contributed by atoms with Gasteiger partial charge in [-0.2, -0.15) is 0 Å². The van der Waals surface area contributed by atoms with Gasteiger partial charge in [-0.05, 0) is 29.8 Å². The number of furan rings is 1. The van der Waals surface area contributed by atoms with Gasteiger partial charge in [0.15, 0.2) is 0 Å². The fraction of sp³-hybridized carbons (Fsp3) is 0.125. The SMILES string of the molecule is OC(Cc1cccc(Cl)c1)c1cc2ccccc2o1. The summed E-state index contributed by atoms with van der Waals surface area (Å²) in [7, 11) is 0. The van der Waals surface area contributed by atoms with Gasteiger partial charge in [0.05, 0.1) is 0 Å². The molecular weight excluding hydrogens is 260 g/mol. The van der Waals surface area contributed by atoms with Crippen molar-refractivity contribution in [3.63, 3.8) is 0 Å². The number of benzene rings is 2. The third kappa shape index (κ3) is 2.65. The number of halogens is 1. The van der Waals surface area contributed by atoms with Gasteiger partial charge in [-0.25, -0.2) is 0 Å². The second-order valence-electron chi connectivity index (χ2n) is 4.54. The van der Waals surface area contributed by atoms with Crippen LogP contribution in [-0.2, 0) is 6.42 Å². The van der Waals surface area contributed by atoms with Crippen molar-refractivity contribution in [1.29, 1.82) is 0 Å². The number of fused-ring (bicyclic) bond motifs is 1. The Kier molecular flexibility index (Phi) is 3.28. The van der Waals surface area contributed by atoms with E-state index in [1.54, 1.807) is 0 Å². The van der Waals surface area contributed by atoms with Crippen molar-refractivity contribution in [2.75, 3.05) is 0 Å². The zero-order valence-electron chi connectivity index (χ0n) is 10.2. The van der Waals surface area contributed by atoms with Crippen molar-refractivity contribution in [2.45, 2.75) is 12.5 Å². The molecule has 0 saturated heterocycles. The number of hydrogen-bond donors (Lipinski definition) is 1. The third-order valence-corrected chi connectivity index (χ3v) is 3.33. The standard InChI is InChI=1S/C16H13ClO2/c17-13-6-3-4-11(8-13)9-14(18)16-10-12-5-1-2-7-15(12)19-16/h1-8,10,14,18H,9H2. The minimum Gasteiger partial charge on any atom is -0.458 e. The summed E-state index contributed by atoms with van der Waals surface area (Å²) in [4.78, 5) is 0. The average Bonchev–Trinajstić information content (AvgIpc) is 2.82. The van der Waals surface area contributed by atoms with E-state index in [-0.39, 0.29) is 0 Å². The zero-order valence-corrected chi connectivity index (χ0v) is 11.0. The van der Waals surface area contributed by atoms with Crippen molar-refractivity contribution < 1.29 is 9.52 Å². The Morgan fingerprint density at radius 2 is 1.89 bits per heavy atom. The van der Waals surface area contributed by atoms with Crippen LogP contribution >= 0.6 is 11.6 Å². The fourth-order valence-corrected chi connectivity index (χ4v) is 2.37. The first kappa shape index (κ1) is 12.3. The summed E-state index contributed by atoms with van der Waals surface area (Å²) in [6.45, 7) is 0. The zero-order chi connectivity index (χ0) is 13.2. The lowest BCUT2D eigenvalue weighted by Gasteiger charge is -2.07. The third-order valence-electron chi connectivity index (χ3n) is 3.09. The van der Waals surface area contributed by atoms with Crippen LogP contribution in [0.25, 0.3) is 11.0 Å². The molecule has 1 atom stereocenters. The summed E-state index contributed by atoms with van der Waals surface area (Å²) in [5, 5.41) is 11.9. The van der Waals surface area contributed by atoms with E-state index in [9.17, 15) is 5.11 Å². The molecule has 0 spiro atoms. The van der Waals surface area contributed by atoms with Crippen LogP contribution in [0.4, 0.5) is 0 Å². The normalized spacial score (nSPS) is 12.7. The smallest absolute Gasteiger partial charge is 0.134 e. The highest BCUT2D eigenvalue weighted by Gasteiger charge is 2.14. The molecule has 1 unspecified atom stereocenters. The van der Waals surface area contributed by atoms with Crippen LogP contribution in [0.1, 0.15) is 17.4 Å². The molecule has 0 aliphatic heterocycles. The first-order valence-corrected chi connectivity index (χ1v) is 6.51. The molecule has 96 valence electrons. The lowest BCUT2D eigenvalue weighted by molar-refractivity contribution is 0.152. The van der Waals surface area contributed by atoms with Crippen LogP contribution in [-0.4, -0.2) is 5.11 Å². The van der Waals surface area contributed by atoms with Crippen molar-refractivity contribution in [1.82, 2.24) is 0 Å². The van der Waals surface area contributed by atoms with E-state index in [1.165, 1.54) is 0 Å². The predicted molar refractivity (Wildman–Crippen MR) is 76.3 cm³/mol. The van der Waals surface area contributed by atoms with Crippen LogP contribution in [0.2, 0.25) is 5.02 Å². The van der Waals surface area contributed by atoms with E-state index in [0.29, 0.717) is 17.2 Å². The summed E-state index contributed by atoms with van der Waals surface area (Å²) in [5.74, 6) is 0.584. The summed E-state index contributed by atoms with van der Waals surface area (Å²) in [6.07, 6.45) is -0.175. The molecule has 0 radical (unpaired) electrons. The predicted octanol–water partition coefficient (Wildman–Crippen LogP) is 4.36. The Balaban J connectivity index is 1.85. The number of para-hydroxylation sites is 1. The highest BCUT2D eigenvalue weighted by molar-refractivity contribution is 6.30. The monoisotopic (exact) mass is 272 g/mol. The van der Waals surface area contributed by atoms with Gasteiger partial charge in [0.1, 0.15) is 17.4 Å². The molecule has 3 heteroatoms. The molecule has 0 bridgehead atoms. The number of aliphatic hydroxyl groups excluding tert-OH is 1. The van der Waals surface area contributed by atoms with Crippen molar-refractivity contribution in [2.24, 2.45) is 0 Å². The summed E-state index contributed by atoms with van der Waals surface area (Å²) in [5.41, 5.74) is 1.78. The maximum absolute atomic E-state index is 10.2. The molecule has 0 aliphatic carbocycles. The van der Waals surface area contributed by atoms with Crippen LogP contribution < -0.4 is 0 Å². The van der Waals surface area contributed by atoms with Gasteiger partial charge in [0, 0.05) is 16.8 Å². The maximum Gasteiger partial charge on any atom is 0.134 e. The van der Waals surface area contributed by atoms with Crippen LogP contribution in [0.3, 0.4) is 0 Å². The van der Waals surface area contributed by atoms with E-state index < -0.39 is 6.10 Å². The molecule has 1 aromatic heterocycles. The molecule has 1 N–H and O–H groups in total. The quantitative estimate of drug-likeness (QED) is 0.768. The highest BCUT2D eigenvalue weighted by Crippen LogP contribution is 2.26. The maximum atomic E-state index is 10.2.